The number of aliphatic hydroxyl groups is 1. The van der Waals surface area contributed by atoms with Crippen LogP contribution in [0, 0.1) is 0 Å². The Bertz CT molecular complexity index is 1540. The zero-order chi connectivity index (χ0) is 69.1. The van der Waals surface area contributed by atoms with Crippen LogP contribution in [0.1, 0.15) is 336 Å². The van der Waals surface area contributed by atoms with Gasteiger partial charge in [-0.2, -0.15) is 0 Å². The van der Waals surface area contributed by atoms with Gasteiger partial charge in [-0.05, 0) is 53.9 Å². The lowest BCUT2D eigenvalue weighted by molar-refractivity contribution is -0.149. The van der Waals surface area contributed by atoms with Crippen molar-refractivity contribution in [1.29, 1.82) is 0 Å². The van der Waals surface area contributed by atoms with E-state index in [2.05, 4.69) is 43.6 Å². The molecule has 0 unspecified atom stereocenters. The number of hydrogen-bond acceptors (Lipinski definition) is 14. The number of carbonyl (C=O) groups is 6. The minimum Gasteiger partial charge on any atom is -0.464 e. The van der Waals surface area contributed by atoms with Gasteiger partial charge < -0.3 is 48.4 Å². The lowest BCUT2D eigenvalue weighted by Crippen LogP contribution is -2.39. The Morgan fingerprint density at radius 1 is 0.290 bits per heavy atom. The quantitative estimate of drug-likeness (QED) is 0.0263. The summed E-state index contributed by atoms with van der Waals surface area (Å²) in [6.45, 7) is 12.9. The third-order valence-corrected chi connectivity index (χ3v) is 17.2. The van der Waals surface area contributed by atoms with Crippen LogP contribution >= 0.6 is 15.9 Å². The van der Waals surface area contributed by atoms with E-state index in [4.69, 9.17) is 28.8 Å². The molecule has 0 fully saturated rings. The molecule has 0 aliphatic rings. The maximum atomic E-state index is 12.8. The van der Waals surface area contributed by atoms with E-state index in [9.17, 15) is 28.8 Å². The number of likely N-dealkylation sites (N-methyl/N-ethyl adjacent to an activating group) is 2. The number of carbonyl (C=O) groups excluding carboxylic acids is 6. The molecule has 1 N–H and O–H groups in total. The van der Waals surface area contributed by atoms with Crippen LogP contribution in [0.15, 0.2) is 0 Å². The Labute approximate surface area is 580 Å². The van der Waals surface area contributed by atoms with Crippen LogP contribution in [-0.4, -0.2) is 179 Å². The first-order valence-electron chi connectivity index (χ1n) is 38.4. The fourth-order valence-corrected chi connectivity index (χ4v) is 11.0. The Morgan fingerprint density at radius 3 is 0.699 bits per heavy atom. The summed E-state index contributed by atoms with van der Waals surface area (Å²) in [7, 11) is 7.76. The number of halogens is 1. The highest BCUT2D eigenvalue weighted by atomic mass is 79.9. The van der Waals surface area contributed by atoms with E-state index in [0.717, 1.165) is 77.3 Å². The fraction of sp³-hybridized carbons (Fsp3) is 0.921. The second-order valence-electron chi connectivity index (χ2n) is 26.3. The molecule has 0 aromatic rings. The molecule has 0 aromatic heterocycles. The number of ether oxygens (including phenoxy) is 5. The van der Waals surface area contributed by atoms with Crippen LogP contribution in [-0.2, 0) is 52.5 Å². The van der Waals surface area contributed by atoms with Crippen LogP contribution in [0.5, 0.6) is 0 Å². The van der Waals surface area contributed by atoms with Gasteiger partial charge in [-0.15, -0.1) is 0 Å². The number of alkyl halides is 1. The molecule has 0 saturated heterocycles. The topological polar surface area (TPSA) is 182 Å². The van der Waals surface area contributed by atoms with Gasteiger partial charge in [-0.1, -0.05) is 300 Å². The van der Waals surface area contributed by atoms with Crippen molar-refractivity contribution < 1.29 is 57.6 Å². The van der Waals surface area contributed by atoms with Crippen molar-refractivity contribution in [2.24, 2.45) is 0 Å². The van der Waals surface area contributed by atoms with Crippen LogP contribution in [0.2, 0.25) is 0 Å². The van der Waals surface area contributed by atoms with Gasteiger partial charge in [0.25, 0.3) is 0 Å². The third-order valence-electron chi connectivity index (χ3n) is 16.7. The number of aliphatic hydroxyl groups excluding tert-OH is 1. The molecule has 0 aliphatic heterocycles. The number of rotatable bonds is 68. The van der Waals surface area contributed by atoms with Gasteiger partial charge in [0.05, 0.1) is 44.7 Å². The third kappa shape index (κ3) is 78.0. The SMILES string of the molecule is CCCCCCCCCCCCCC(=O)OCCN(CCOC(=O)CCCCCCCCCCCCC)C(=O)CBr.CCCCCCCCCCCCCC(=O)OCCN(CCOC(=O)CCCCCCCCCCCCC)C(=O)COCCN(C)C.CN(C)CCO. The second kappa shape index (κ2) is 78.1. The maximum absolute atomic E-state index is 12.8. The van der Waals surface area contributed by atoms with Gasteiger partial charge in [0.2, 0.25) is 11.8 Å². The van der Waals surface area contributed by atoms with Crippen molar-refractivity contribution >= 4 is 51.6 Å². The van der Waals surface area contributed by atoms with Crippen molar-refractivity contribution in [3.8, 4) is 0 Å². The predicted octanol–water partition coefficient (Wildman–Crippen LogP) is 18.1. The molecular weight excluding hydrogens is 1240 g/mol. The van der Waals surface area contributed by atoms with Crippen molar-refractivity contribution in [2.45, 2.75) is 336 Å². The average Bonchev–Trinajstić information content (AvgIpc) is 3.76. The molecule has 0 atom stereocenters. The van der Waals surface area contributed by atoms with E-state index >= 15 is 0 Å². The van der Waals surface area contributed by atoms with Crippen molar-refractivity contribution in [1.82, 2.24) is 19.6 Å². The van der Waals surface area contributed by atoms with Gasteiger partial charge in [-0.3, -0.25) is 28.8 Å². The Morgan fingerprint density at radius 2 is 0.505 bits per heavy atom. The molecule has 93 heavy (non-hydrogen) atoms. The summed E-state index contributed by atoms with van der Waals surface area (Å²) in [5.74, 6) is -1.14. The number of esters is 4. The lowest BCUT2D eigenvalue weighted by atomic mass is 10.1. The molecule has 17 heteroatoms. The molecule has 2 amide bonds. The summed E-state index contributed by atoms with van der Waals surface area (Å²) in [4.78, 5) is 80.8. The largest absolute Gasteiger partial charge is 0.464 e. The zero-order valence-electron chi connectivity index (χ0n) is 61.9. The van der Waals surface area contributed by atoms with Crippen molar-refractivity contribution in [3.63, 3.8) is 0 Å². The first kappa shape index (κ1) is 94.3. The molecule has 0 radical (unpaired) electrons. The van der Waals surface area contributed by atoms with Crippen LogP contribution < -0.4 is 0 Å². The minimum atomic E-state index is -0.219. The second-order valence-corrected chi connectivity index (χ2v) is 26.9. The lowest BCUT2D eigenvalue weighted by Gasteiger charge is -2.22. The Hall–Kier alpha value is -2.86. The molecule has 16 nitrogen and oxygen atoms in total. The summed E-state index contributed by atoms with van der Waals surface area (Å²) in [5.41, 5.74) is 0. The normalized spacial score (nSPS) is 11.1. The molecular formula is C76H149BrN4O12. The number of nitrogens with zero attached hydrogens (tertiary/aromatic N) is 4. The van der Waals surface area contributed by atoms with E-state index in [1.165, 1.54) is 218 Å². The summed E-state index contributed by atoms with van der Waals surface area (Å²) in [5, 5.41) is 8.38. The summed E-state index contributed by atoms with van der Waals surface area (Å²) in [6, 6.07) is 0. The summed E-state index contributed by atoms with van der Waals surface area (Å²) < 4.78 is 27.1. The van der Waals surface area contributed by atoms with E-state index in [1.807, 2.05) is 38.0 Å². The van der Waals surface area contributed by atoms with Gasteiger partial charge >= 0.3 is 23.9 Å². The molecule has 0 aliphatic carbocycles. The van der Waals surface area contributed by atoms with Gasteiger partial charge in [0, 0.05) is 38.8 Å². The Balaban J connectivity index is -0.00000161. The fourth-order valence-electron chi connectivity index (χ4n) is 10.6. The van der Waals surface area contributed by atoms with E-state index in [-0.39, 0.29) is 93.8 Å². The molecule has 552 valence electrons. The highest BCUT2D eigenvalue weighted by Crippen LogP contribution is 2.17. The molecule has 0 aromatic carbocycles. The molecule has 0 heterocycles. The smallest absolute Gasteiger partial charge is 0.305 e. The highest BCUT2D eigenvalue weighted by molar-refractivity contribution is 9.09. The summed E-state index contributed by atoms with van der Waals surface area (Å²) in [6.07, 6.45) is 56.3. The van der Waals surface area contributed by atoms with Gasteiger partial charge in [-0.25, -0.2) is 0 Å². The molecule has 0 bridgehead atoms. The van der Waals surface area contributed by atoms with Gasteiger partial charge in [0.1, 0.15) is 33.0 Å². The first-order chi connectivity index (χ1) is 45.2. The van der Waals surface area contributed by atoms with Crippen LogP contribution in [0.25, 0.3) is 0 Å². The van der Waals surface area contributed by atoms with Crippen molar-refractivity contribution in [2.75, 3.05) is 119 Å². The predicted molar refractivity (Wildman–Crippen MR) is 390 cm³/mol. The van der Waals surface area contributed by atoms with E-state index in [0.29, 0.717) is 45.4 Å². The number of amides is 2. The monoisotopic (exact) mass is 1390 g/mol. The van der Waals surface area contributed by atoms with E-state index in [1.54, 1.807) is 9.80 Å². The highest BCUT2D eigenvalue weighted by Gasteiger charge is 2.17. The first-order valence-corrected chi connectivity index (χ1v) is 39.6. The van der Waals surface area contributed by atoms with E-state index < -0.39 is 0 Å². The molecule has 0 saturated carbocycles. The molecule has 0 rings (SSSR count). The Kier molecular flexibility index (Phi) is 79.3. The zero-order valence-corrected chi connectivity index (χ0v) is 63.5. The van der Waals surface area contributed by atoms with Crippen molar-refractivity contribution in [3.05, 3.63) is 0 Å². The van der Waals surface area contributed by atoms with Crippen LogP contribution in [0.3, 0.4) is 0 Å². The maximum Gasteiger partial charge on any atom is 0.305 e. The number of hydrogen-bond donors (Lipinski definition) is 1. The molecule has 0 spiro atoms. The minimum absolute atomic E-state index is 0.0484. The van der Waals surface area contributed by atoms with Crippen LogP contribution in [0.4, 0.5) is 0 Å². The summed E-state index contributed by atoms with van der Waals surface area (Å²) >= 11 is 3.21. The average molecular weight is 1390 g/mol. The number of unbranched alkanes of at least 4 members (excludes halogenated alkanes) is 40. The van der Waals surface area contributed by atoms with Gasteiger partial charge in [0.15, 0.2) is 0 Å². The standard InChI is InChI=1S/C38H74N2O6.C34H64BrNO5.C4H11NO/c1-5-7-9-11-13-15-17-19-21-23-25-27-37(42)45-33-30-40(36(41)35-44-32-29-39(3)4)31-34-46-38(43)28-26-24-22-20-18-16-14-12-10-8-6-2;1-3-5-7-9-11-13-15-17-19-21-23-25-33(38)40-29-27-36(32(37)31-35)28-30-41-34(39)26-24-22-20-18-16-14-12-10-8-6-4-2;1-5(2)3-4-6/h5-35H2,1-4H3;3-31H2,1-2H3;6H,3-4H2,1-2H3.